The van der Waals surface area contributed by atoms with E-state index in [0.29, 0.717) is 22.8 Å². The molecule has 0 spiro atoms. The van der Waals surface area contributed by atoms with Crippen molar-refractivity contribution in [2.75, 3.05) is 20.6 Å². The third kappa shape index (κ3) is 5.91. The fourth-order valence-electron chi connectivity index (χ4n) is 8.17. The number of rotatable bonds is 9. The molecule has 3 fully saturated rings. The summed E-state index contributed by atoms with van der Waals surface area (Å²) in [5.41, 5.74) is 0.0240. The van der Waals surface area contributed by atoms with Gasteiger partial charge in [0, 0.05) is 47.5 Å². The van der Waals surface area contributed by atoms with E-state index in [1.165, 1.54) is 33.3 Å². The van der Waals surface area contributed by atoms with Gasteiger partial charge in [0.2, 0.25) is 24.0 Å². The minimum absolute atomic E-state index is 0.00757. The molecule has 3 saturated heterocycles. The molecule has 10 atom stereocenters. The molecule has 3 amide bonds. The topological polar surface area (TPSA) is 213 Å². The summed E-state index contributed by atoms with van der Waals surface area (Å²) in [6.45, 7) is 9.04. The maximum Gasteiger partial charge on any atom is 0.353 e. The van der Waals surface area contributed by atoms with Crippen molar-refractivity contribution in [3.8, 4) is 0 Å². The number of carbonyl (C=O) groups is 5. The number of fused-ring (bicyclic) bond motifs is 3. The molecule has 1 aromatic heterocycles. The van der Waals surface area contributed by atoms with Gasteiger partial charge in [-0.15, -0.1) is 23.5 Å². The zero-order valence-corrected chi connectivity index (χ0v) is 30.3. The van der Waals surface area contributed by atoms with E-state index in [-0.39, 0.29) is 69.6 Å². The Kier molecular flexibility index (Phi) is 9.88. The predicted octanol–water partition coefficient (Wildman–Crippen LogP) is -2.20. The van der Waals surface area contributed by atoms with Gasteiger partial charge >= 0.3 is 12.3 Å². The van der Waals surface area contributed by atoms with Gasteiger partial charge in [-0.2, -0.15) is 9.36 Å². The fourth-order valence-corrected chi connectivity index (χ4v) is 11.1. The van der Waals surface area contributed by atoms with Crippen LogP contribution in [0, 0.1) is 23.7 Å². The molecule has 0 bridgehead atoms. The molecule has 50 heavy (non-hydrogen) atoms. The molecule has 18 heteroatoms. The van der Waals surface area contributed by atoms with Crippen LogP contribution in [0.25, 0.3) is 0 Å². The summed E-state index contributed by atoms with van der Waals surface area (Å²) >= 11 is 2.94. The van der Waals surface area contributed by atoms with Gasteiger partial charge in [-0.1, -0.05) is 13.8 Å². The number of aliphatic carboxylic acids is 2. The number of aliphatic hydroxyl groups excluding tert-OH is 2. The smallest absolute Gasteiger partial charge is 0.353 e. The van der Waals surface area contributed by atoms with Crippen LogP contribution in [0.15, 0.2) is 33.9 Å². The fraction of sp³-hybridized carbons (Fsp3) is 0.656. The standard InChI is InChI=1S/C17H25N3O5S.C15H18N4O4S/c1-7-12-11(8(2)21)16(23)20(12)13(17(24)25)14(7)26-9-5-10(18-6-9)15(22)19(3)4;1-7-11-10(8(2)20)14(21)19(11)12(15(22)23)13(7)24-9-3-17-5-16-6-18(17)4-9/h7-12,18,21H,5-6H2,1-4H3,(H,24,25);5-11,20H,3-4H2,1-2H3/t7?,8?,9?,10-,11?,12?;/m0./s1. The van der Waals surface area contributed by atoms with Gasteiger partial charge in [0.15, 0.2) is 0 Å². The van der Waals surface area contributed by atoms with E-state index < -0.39 is 36.0 Å². The Bertz CT molecular complexity index is 1660. The quantitative estimate of drug-likeness (QED) is 0.157. The summed E-state index contributed by atoms with van der Waals surface area (Å²) in [5, 5.41) is 44.5. The van der Waals surface area contributed by atoms with Crippen LogP contribution in [0.4, 0.5) is 0 Å². The number of amides is 3. The second-order valence-electron chi connectivity index (χ2n) is 14.1. The second-order valence-corrected chi connectivity index (χ2v) is 16.7. The predicted molar refractivity (Wildman–Crippen MR) is 177 cm³/mol. The number of likely N-dealkylation sites (N-methyl/N-ethyl adjacent to an activating group) is 1. The van der Waals surface area contributed by atoms with Gasteiger partial charge in [0.1, 0.15) is 12.2 Å². The number of aliphatic hydroxyl groups is 2. The molecule has 1 aromatic rings. The van der Waals surface area contributed by atoms with Crippen LogP contribution in [-0.2, 0) is 37.1 Å². The first kappa shape index (κ1) is 36.3. The van der Waals surface area contributed by atoms with Crippen LogP contribution in [0.3, 0.4) is 0 Å². The molecule has 9 unspecified atom stereocenters. The van der Waals surface area contributed by atoms with Gasteiger partial charge in [-0.05, 0) is 25.3 Å². The second kappa shape index (κ2) is 13.6. The number of β-lactam (4-membered cyclic amide) rings is 2. The number of aromatic nitrogens is 3. The van der Waals surface area contributed by atoms with Crippen LogP contribution in [-0.4, -0.2) is 131 Å². The lowest BCUT2D eigenvalue weighted by Gasteiger charge is -2.47. The number of carboxylic acids is 2. The maximum absolute atomic E-state index is 12.3. The number of hydrogen-bond donors (Lipinski definition) is 4. The van der Waals surface area contributed by atoms with E-state index >= 15 is 0 Å². The summed E-state index contributed by atoms with van der Waals surface area (Å²) in [7, 11) is 3.42. The maximum atomic E-state index is 12.3. The Morgan fingerprint density at radius 1 is 0.980 bits per heavy atom. The SMILES string of the molecule is CC(O)C1C(=O)N2C(C(=O)O)=C(SC3CN[C@H](C(=O)N(C)C)C3)C(C)C12.CC(O)C1C(=O)N2C(C(=O)[O-])=C(SC3Cn4cnc[n+]4C3)C(C)C12. The number of hydrogen-bond acceptors (Lipinski definition) is 12. The Hall–Kier alpha value is -3.45. The van der Waals surface area contributed by atoms with Crippen LogP contribution in [0.1, 0.15) is 34.1 Å². The molecule has 0 radical (unpaired) electrons. The molecular formula is C32H43N7O9S2. The number of carboxylic acid groups (broad SMARTS) is 2. The van der Waals surface area contributed by atoms with Crippen molar-refractivity contribution < 1.29 is 49.1 Å². The van der Waals surface area contributed by atoms with Crippen molar-refractivity contribution in [1.29, 1.82) is 0 Å². The van der Waals surface area contributed by atoms with Crippen molar-refractivity contribution >= 4 is 53.2 Å². The third-order valence-corrected chi connectivity index (χ3v) is 13.5. The highest BCUT2D eigenvalue weighted by atomic mass is 32.2. The summed E-state index contributed by atoms with van der Waals surface area (Å²) < 4.78 is 3.96. The summed E-state index contributed by atoms with van der Waals surface area (Å²) in [6.07, 6.45) is 2.51. The van der Waals surface area contributed by atoms with E-state index in [9.17, 15) is 44.4 Å². The van der Waals surface area contributed by atoms with Crippen LogP contribution in [0.5, 0.6) is 0 Å². The largest absolute Gasteiger partial charge is 0.543 e. The molecule has 0 saturated carbocycles. The Labute approximate surface area is 297 Å². The molecule has 272 valence electrons. The van der Waals surface area contributed by atoms with Crippen molar-refractivity contribution in [2.24, 2.45) is 23.7 Å². The van der Waals surface area contributed by atoms with Gasteiger partial charge < -0.3 is 45.2 Å². The van der Waals surface area contributed by atoms with Crippen molar-refractivity contribution in [2.45, 2.75) is 88.0 Å². The van der Waals surface area contributed by atoms with E-state index in [1.54, 1.807) is 45.5 Å². The minimum atomic E-state index is -1.32. The molecule has 7 heterocycles. The number of carbonyl (C=O) groups excluding carboxylic acids is 4. The van der Waals surface area contributed by atoms with Crippen LogP contribution in [0.2, 0.25) is 0 Å². The van der Waals surface area contributed by atoms with Gasteiger partial charge in [0.05, 0.1) is 65.6 Å². The lowest BCUT2D eigenvalue weighted by atomic mass is 9.79. The molecule has 0 aromatic carbocycles. The van der Waals surface area contributed by atoms with Crippen LogP contribution >= 0.6 is 23.5 Å². The molecule has 6 aliphatic rings. The molecular weight excluding hydrogens is 691 g/mol. The van der Waals surface area contributed by atoms with Gasteiger partial charge in [0.25, 0.3) is 0 Å². The summed E-state index contributed by atoms with van der Waals surface area (Å²) in [4.78, 5) is 69.8. The van der Waals surface area contributed by atoms with Crippen LogP contribution < -0.4 is 15.1 Å². The Balaban J connectivity index is 0.000000173. The molecule has 4 N–H and O–H groups in total. The number of thioether (sulfide) groups is 2. The zero-order chi connectivity index (χ0) is 36.5. The highest BCUT2D eigenvalue weighted by Gasteiger charge is 2.61. The average molecular weight is 734 g/mol. The first-order valence-corrected chi connectivity index (χ1v) is 18.4. The van der Waals surface area contributed by atoms with E-state index in [2.05, 4.69) is 10.3 Å². The minimum Gasteiger partial charge on any atom is -0.543 e. The average Bonchev–Trinajstić information content (AvgIpc) is 3.83. The van der Waals surface area contributed by atoms with Gasteiger partial charge in [-0.3, -0.25) is 14.4 Å². The highest BCUT2D eigenvalue weighted by Crippen LogP contribution is 2.53. The van der Waals surface area contributed by atoms with E-state index in [0.717, 1.165) is 13.1 Å². The van der Waals surface area contributed by atoms with Crippen molar-refractivity contribution in [3.05, 3.63) is 33.9 Å². The Morgan fingerprint density at radius 2 is 1.52 bits per heavy atom. The van der Waals surface area contributed by atoms with Gasteiger partial charge in [-0.25, -0.2) is 4.79 Å². The summed E-state index contributed by atoms with van der Waals surface area (Å²) in [5.74, 6) is -4.45. The van der Waals surface area contributed by atoms with Crippen molar-refractivity contribution in [1.82, 2.24) is 29.7 Å². The zero-order valence-electron chi connectivity index (χ0n) is 28.6. The molecule has 7 rings (SSSR count). The number of nitrogens with one attached hydrogen (secondary N) is 1. The first-order valence-electron chi connectivity index (χ1n) is 16.7. The summed E-state index contributed by atoms with van der Waals surface area (Å²) in [6, 6.07) is -0.857. The normalized spacial score (nSPS) is 33.6. The monoisotopic (exact) mass is 733 g/mol. The van der Waals surface area contributed by atoms with E-state index in [1.807, 2.05) is 23.2 Å². The third-order valence-electron chi connectivity index (χ3n) is 10.5. The first-order chi connectivity index (χ1) is 23.5. The lowest BCUT2D eigenvalue weighted by molar-refractivity contribution is -0.758. The lowest BCUT2D eigenvalue weighted by Crippen LogP contribution is -2.64. The molecule has 16 nitrogen and oxygen atoms in total. The van der Waals surface area contributed by atoms with E-state index in [4.69, 9.17) is 0 Å². The molecule has 6 aliphatic heterocycles. The number of nitrogens with zero attached hydrogens (tertiary/aromatic N) is 6. The Morgan fingerprint density at radius 3 is 2.02 bits per heavy atom. The highest BCUT2D eigenvalue weighted by molar-refractivity contribution is 8.04. The molecule has 0 aliphatic carbocycles. The van der Waals surface area contributed by atoms with Crippen molar-refractivity contribution in [3.63, 3.8) is 0 Å².